The van der Waals surface area contributed by atoms with E-state index in [1.54, 1.807) is 7.11 Å². The zero-order valence-corrected chi connectivity index (χ0v) is 23.0. The maximum absolute atomic E-state index is 6.72. The Hall–Kier alpha value is -4.37. The Bertz CT molecular complexity index is 1570. The summed E-state index contributed by atoms with van der Waals surface area (Å²) in [5.74, 6) is 1.38. The van der Waals surface area contributed by atoms with Gasteiger partial charge in [-0.05, 0) is 84.2 Å². The molecule has 3 aliphatic carbocycles. The van der Waals surface area contributed by atoms with E-state index >= 15 is 0 Å². The number of pyridine rings is 1. The van der Waals surface area contributed by atoms with Crippen LogP contribution < -0.4 is 10.5 Å². The second-order valence-electron chi connectivity index (χ2n) is 10.7. The van der Waals surface area contributed by atoms with Crippen LogP contribution in [0.3, 0.4) is 0 Å². The topological polar surface area (TPSA) is 48.1 Å². The van der Waals surface area contributed by atoms with E-state index in [1.165, 1.54) is 22.3 Å². The van der Waals surface area contributed by atoms with Gasteiger partial charge in [0.1, 0.15) is 5.75 Å². The third-order valence-corrected chi connectivity index (χ3v) is 8.28. The van der Waals surface area contributed by atoms with Crippen LogP contribution in [-0.2, 0) is 0 Å². The Labute approximate surface area is 237 Å². The van der Waals surface area contributed by atoms with E-state index in [0.717, 1.165) is 54.1 Å². The highest BCUT2D eigenvalue weighted by molar-refractivity contribution is 5.82. The maximum atomic E-state index is 6.72. The van der Waals surface area contributed by atoms with Crippen molar-refractivity contribution < 1.29 is 4.74 Å². The van der Waals surface area contributed by atoms with Crippen LogP contribution in [0.5, 0.6) is 5.75 Å². The molecule has 0 saturated carbocycles. The minimum atomic E-state index is -0.0441. The van der Waals surface area contributed by atoms with Gasteiger partial charge in [-0.1, -0.05) is 91.1 Å². The summed E-state index contributed by atoms with van der Waals surface area (Å²) in [4.78, 5) is 5.21. The number of hydrogen-bond donors (Lipinski definition) is 1. The second-order valence-corrected chi connectivity index (χ2v) is 10.7. The summed E-state index contributed by atoms with van der Waals surface area (Å²) in [5, 5.41) is 0. The van der Waals surface area contributed by atoms with Crippen molar-refractivity contribution in [3.8, 4) is 17.0 Å². The summed E-state index contributed by atoms with van der Waals surface area (Å²) in [6, 6.07) is 23.2. The number of rotatable bonds is 3. The average molecular weight is 525 g/mol. The molecule has 2 N–H and O–H groups in total. The molecule has 0 fully saturated rings. The molecule has 1 aromatic heterocycles. The summed E-state index contributed by atoms with van der Waals surface area (Å²) in [7, 11) is 1.71. The second kappa shape index (κ2) is 11.8. The van der Waals surface area contributed by atoms with Crippen molar-refractivity contribution in [3.63, 3.8) is 0 Å². The lowest BCUT2D eigenvalue weighted by Crippen LogP contribution is -2.20. The van der Waals surface area contributed by atoms with Gasteiger partial charge in [-0.3, -0.25) is 4.98 Å². The van der Waals surface area contributed by atoms with E-state index in [2.05, 4.69) is 103 Å². The SMILES string of the molecule is COc1ccccc1-c1cccc([C@@H]2/C=C\C=C(/N)C3C=CC=CC3CCC3=CCCC=C3c3ccccc32)n1. The van der Waals surface area contributed by atoms with Crippen LogP contribution in [0.2, 0.25) is 0 Å². The van der Waals surface area contributed by atoms with Crippen molar-refractivity contribution in [1.82, 2.24) is 4.98 Å². The van der Waals surface area contributed by atoms with Gasteiger partial charge in [0.15, 0.2) is 0 Å². The quantitative estimate of drug-likeness (QED) is 0.373. The Kier molecular flexibility index (Phi) is 7.63. The molecule has 0 bridgehead atoms. The number of nitrogens with zero attached hydrogens (tertiary/aromatic N) is 1. The lowest BCUT2D eigenvalue weighted by molar-refractivity contribution is 0.416. The number of methoxy groups -OCH3 is 1. The molecule has 3 heteroatoms. The molecule has 0 amide bonds. The fourth-order valence-electron chi connectivity index (χ4n) is 6.25. The summed E-state index contributed by atoms with van der Waals surface area (Å²) in [6.45, 7) is 0. The van der Waals surface area contributed by atoms with E-state index in [1.807, 2.05) is 18.2 Å². The predicted molar refractivity (Wildman–Crippen MR) is 166 cm³/mol. The molecule has 3 aliphatic rings. The molecule has 200 valence electrons. The molecule has 6 rings (SSSR count). The molecule has 3 aromatic rings. The van der Waals surface area contributed by atoms with E-state index in [-0.39, 0.29) is 11.8 Å². The van der Waals surface area contributed by atoms with Crippen molar-refractivity contribution in [2.45, 2.75) is 31.6 Å². The zero-order valence-electron chi connectivity index (χ0n) is 23.0. The van der Waals surface area contributed by atoms with Crippen LogP contribution in [0, 0.1) is 11.8 Å². The average Bonchev–Trinajstić information content (AvgIpc) is 3.03. The fraction of sp³-hybridized carbons (Fsp3) is 0.216. The molecule has 0 saturated heterocycles. The molecule has 0 spiro atoms. The van der Waals surface area contributed by atoms with Crippen LogP contribution in [0.4, 0.5) is 0 Å². The van der Waals surface area contributed by atoms with Gasteiger partial charge in [0.2, 0.25) is 0 Å². The summed E-state index contributed by atoms with van der Waals surface area (Å²) >= 11 is 0. The first-order valence-corrected chi connectivity index (χ1v) is 14.3. The Morgan fingerprint density at radius 1 is 0.800 bits per heavy atom. The summed E-state index contributed by atoms with van der Waals surface area (Å²) in [5.41, 5.74) is 15.9. The van der Waals surface area contributed by atoms with Crippen LogP contribution >= 0.6 is 0 Å². The van der Waals surface area contributed by atoms with Crippen LogP contribution in [-0.4, -0.2) is 12.1 Å². The number of aromatic nitrogens is 1. The first-order valence-electron chi connectivity index (χ1n) is 14.3. The third kappa shape index (κ3) is 5.24. The highest BCUT2D eigenvalue weighted by Gasteiger charge is 2.25. The number of nitrogens with two attached hydrogens (primary N) is 1. The molecule has 0 radical (unpaired) electrons. The van der Waals surface area contributed by atoms with Crippen molar-refractivity contribution in [2.24, 2.45) is 17.6 Å². The zero-order chi connectivity index (χ0) is 27.3. The molecule has 3 nitrogen and oxygen atoms in total. The first-order chi connectivity index (χ1) is 19.7. The van der Waals surface area contributed by atoms with Gasteiger partial charge < -0.3 is 10.5 Å². The molecule has 3 atom stereocenters. The normalized spacial score (nSPS) is 24.3. The number of fused-ring (bicyclic) bond motifs is 4. The van der Waals surface area contributed by atoms with Gasteiger partial charge >= 0.3 is 0 Å². The standard InChI is InChI=1S/C37H36N2O/c1-40-37-23-9-8-18-33(37)36-22-11-21-35(39-36)32-19-10-20-34(38)29-15-5-3-13-27(29)25-24-26-12-2-4-14-28(26)30-16-6-7-17-31(30)32/h3,5-23,27,29,32H,2,4,24-25,38H2,1H3/b19-10-,34-20-/t27?,29?,32-/m1/s1. The number of allylic oxidation sites excluding steroid dienone is 11. The van der Waals surface area contributed by atoms with Gasteiger partial charge in [0, 0.05) is 23.1 Å². The molecule has 0 aliphatic heterocycles. The number of para-hydroxylation sites is 1. The minimum Gasteiger partial charge on any atom is -0.496 e. The number of benzene rings is 2. The highest BCUT2D eigenvalue weighted by Crippen LogP contribution is 2.40. The highest BCUT2D eigenvalue weighted by atomic mass is 16.5. The van der Waals surface area contributed by atoms with Gasteiger partial charge in [0.25, 0.3) is 0 Å². The van der Waals surface area contributed by atoms with E-state index in [4.69, 9.17) is 15.5 Å². The van der Waals surface area contributed by atoms with Crippen molar-refractivity contribution in [3.05, 3.63) is 150 Å². The van der Waals surface area contributed by atoms with Crippen LogP contribution in [0.15, 0.2) is 133 Å². The first kappa shape index (κ1) is 25.9. The van der Waals surface area contributed by atoms with Gasteiger partial charge in [-0.15, -0.1) is 0 Å². The van der Waals surface area contributed by atoms with Gasteiger partial charge in [-0.2, -0.15) is 0 Å². The molecule has 1 heterocycles. The van der Waals surface area contributed by atoms with Crippen LogP contribution in [0.25, 0.3) is 16.8 Å². The molecular formula is C37H36N2O. The van der Waals surface area contributed by atoms with E-state index in [9.17, 15) is 0 Å². The smallest absolute Gasteiger partial charge is 0.128 e. The monoisotopic (exact) mass is 524 g/mol. The van der Waals surface area contributed by atoms with Crippen molar-refractivity contribution in [2.75, 3.05) is 7.11 Å². The van der Waals surface area contributed by atoms with Crippen LogP contribution in [0.1, 0.15) is 48.4 Å². The predicted octanol–water partition coefficient (Wildman–Crippen LogP) is 8.54. The van der Waals surface area contributed by atoms with Crippen molar-refractivity contribution >= 4 is 5.57 Å². The lowest BCUT2D eigenvalue weighted by Gasteiger charge is -2.26. The van der Waals surface area contributed by atoms with E-state index < -0.39 is 0 Å². The summed E-state index contributed by atoms with van der Waals surface area (Å²) < 4.78 is 5.66. The van der Waals surface area contributed by atoms with E-state index in [0.29, 0.717) is 5.92 Å². The molecule has 40 heavy (non-hydrogen) atoms. The molecule has 2 unspecified atom stereocenters. The third-order valence-electron chi connectivity index (χ3n) is 8.28. The maximum Gasteiger partial charge on any atom is 0.128 e. The van der Waals surface area contributed by atoms with Gasteiger partial charge in [-0.25, -0.2) is 0 Å². The Morgan fingerprint density at radius 2 is 1.60 bits per heavy atom. The lowest BCUT2D eigenvalue weighted by atomic mass is 9.79. The Morgan fingerprint density at radius 3 is 2.50 bits per heavy atom. The summed E-state index contributed by atoms with van der Waals surface area (Å²) in [6.07, 6.45) is 24.5. The minimum absolute atomic E-state index is 0.0441. The number of hydrogen-bond acceptors (Lipinski definition) is 3. The number of ether oxygens (including phenoxy) is 1. The fourth-order valence-corrected chi connectivity index (χ4v) is 6.25. The van der Waals surface area contributed by atoms with Crippen molar-refractivity contribution in [1.29, 1.82) is 0 Å². The largest absolute Gasteiger partial charge is 0.496 e. The molecule has 2 aromatic carbocycles. The van der Waals surface area contributed by atoms with Gasteiger partial charge in [0.05, 0.1) is 18.5 Å². The Balaban J connectivity index is 1.51. The molecular weight excluding hydrogens is 488 g/mol.